The van der Waals surface area contributed by atoms with Gasteiger partial charge in [-0.3, -0.25) is 0 Å². The van der Waals surface area contributed by atoms with Gasteiger partial charge in [-0.05, 0) is 12.1 Å². The molecule has 4 heterocycles. The summed E-state index contributed by atoms with van der Waals surface area (Å²) in [4.78, 5) is 9.28. The van der Waals surface area contributed by atoms with E-state index in [1.54, 1.807) is 11.2 Å². The van der Waals surface area contributed by atoms with Crippen LogP contribution in [0.2, 0.25) is 0 Å². The summed E-state index contributed by atoms with van der Waals surface area (Å²) in [5.74, 6) is -0.0628. The third kappa shape index (κ3) is 2.27. The zero-order chi connectivity index (χ0) is 17.7. The summed E-state index contributed by atoms with van der Waals surface area (Å²) in [6.45, 7) is 0.502. The van der Waals surface area contributed by atoms with E-state index in [-0.39, 0.29) is 6.01 Å². The number of fused-ring (bicyclic) bond motifs is 2. The lowest BCUT2D eigenvalue weighted by molar-refractivity contribution is 0.115. The number of hydrogen-bond acceptors (Lipinski definition) is 6. The first-order valence-corrected chi connectivity index (χ1v) is 8.09. The number of nitrogens with one attached hydrogen (secondary N) is 1. The van der Waals surface area contributed by atoms with E-state index in [4.69, 9.17) is 8.83 Å². The Balaban J connectivity index is 1.63. The molecule has 7 nitrogen and oxygen atoms in total. The summed E-state index contributed by atoms with van der Waals surface area (Å²) >= 11 is 0. The summed E-state index contributed by atoms with van der Waals surface area (Å²) in [5.41, 5.74) is 2.47. The van der Waals surface area contributed by atoms with Gasteiger partial charge in [-0.1, -0.05) is 23.3 Å². The number of halogens is 2. The van der Waals surface area contributed by atoms with Crippen LogP contribution in [0.25, 0.3) is 11.0 Å². The molecule has 0 radical (unpaired) electrons. The van der Waals surface area contributed by atoms with E-state index in [1.165, 1.54) is 0 Å². The molecule has 132 valence electrons. The van der Waals surface area contributed by atoms with E-state index in [1.807, 2.05) is 30.3 Å². The Morgan fingerprint density at radius 2 is 2.08 bits per heavy atom. The minimum atomic E-state index is -2.81. The van der Waals surface area contributed by atoms with Gasteiger partial charge in [0, 0.05) is 24.0 Å². The molecule has 0 spiro atoms. The van der Waals surface area contributed by atoms with Crippen molar-refractivity contribution in [3.63, 3.8) is 0 Å². The molecule has 0 unspecified atom stereocenters. The summed E-state index contributed by atoms with van der Waals surface area (Å²) < 4.78 is 36.9. The predicted molar refractivity (Wildman–Crippen MR) is 86.9 cm³/mol. The largest absolute Gasteiger partial charge is 0.458 e. The number of alkyl halides is 2. The number of imidazole rings is 1. The molecule has 1 aliphatic heterocycles. The van der Waals surface area contributed by atoms with Crippen LogP contribution in [-0.4, -0.2) is 26.7 Å². The van der Waals surface area contributed by atoms with Crippen LogP contribution in [-0.2, 0) is 6.42 Å². The Bertz CT molecular complexity index is 1040. The van der Waals surface area contributed by atoms with Gasteiger partial charge < -0.3 is 18.7 Å². The fourth-order valence-electron chi connectivity index (χ4n) is 3.34. The van der Waals surface area contributed by atoms with Gasteiger partial charge in [0.15, 0.2) is 0 Å². The van der Waals surface area contributed by atoms with Crippen LogP contribution in [0.1, 0.15) is 35.5 Å². The number of benzene rings is 1. The van der Waals surface area contributed by atoms with Gasteiger partial charge in [0.05, 0.1) is 12.0 Å². The molecule has 0 saturated heterocycles. The van der Waals surface area contributed by atoms with Crippen molar-refractivity contribution in [3.8, 4) is 0 Å². The fraction of sp³-hybridized carbons (Fsp3) is 0.235. The molecule has 1 N–H and O–H groups in total. The van der Waals surface area contributed by atoms with Crippen molar-refractivity contribution in [3.05, 3.63) is 59.7 Å². The SMILES string of the molecule is FC(F)c1nnc(N2CCc3[nH]cnc3[C@H]2c2cc3ccccc3o2)o1. The van der Waals surface area contributed by atoms with E-state index in [9.17, 15) is 8.78 Å². The summed E-state index contributed by atoms with van der Waals surface area (Å²) in [6, 6.07) is 9.14. The van der Waals surface area contributed by atoms with Crippen molar-refractivity contribution in [2.24, 2.45) is 0 Å². The topological polar surface area (TPSA) is 84.0 Å². The van der Waals surface area contributed by atoms with E-state index >= 15 is 0 Å². The first-order valence-electron chi connectivity index (χ1n) is 8.09. The number of hydrogen-bond donors (Lipinski definition) is 1. The van der Waals surface area contributed by atoms with Crippen molar-refractivity contribution in [2.75, 3.05) is 11.4 Å². The molecular formula is C17H13F2N5O2. The highest BCUT2D eigenvalue weighted by Crippen LogP contribution is 2.38. The number of rotatable bonds is 3. The molecule has 5 rings (SSSR count). The maximum Gasteiger partial charge on any atom is 0.319 e. The molecule has 1 aromatic carbocycles. The first kappa shape index (κ1) is 15.1. The third-order valence-electron chi connectivity index (χ3n) is 4.50. The van der Waals surface area contributed by atoms with Gasteiger partial charge in [0.25, 0.3) is 5.89 Å². The summed E-state index contributed by atoms with van der Waals surface area (Å²) in [6.07, 6.45) is -0.549. The van der Waals surface area contributed by atoms with Crippen molar-refractivity contribution in [1.29, 1.82) is 0 Å². The van der Waals surface area contributed by atoms with Crippen LogP contribution in [0.5, 0.6) is 0 Å². The van der Waals surface area contributed by atoms with Crippen molar-refractivity contribution in [1.82, 2.24) is 20.2 Å². The highest BCUT2D eigenvalue weighted by atomic mass is 19.3. The lowest BCUT2D eigenvalue weighted by atomic mass is 10.0. The normalized spacial score (nSPS) is 17.2. The molecule has 26 heavy (non-hydrogen) atoms. The van der Waals surface area contributed by atoms with Gasteiger partial charge in [0.2, 0.25) is 0 Å². The molecule has 0 bridgehead atoms. The van der Waals surface area contributed by atoms with Crippen LogP contribution >= 0.6 is 0 Å². The Morgan fingerprint density at radius 3 is 2.88 bits per heavy atom. The molecular weight excluding hydrogens is 344 g/mol. The molecule has 0 aliphatic carbocycles. The zero-order valence-electron chi connectivity index (χ0n) is 13.4. The van der Waals surface area contributed by atoms with Crippen molar-refractivity contribution in [2.45, 2.75) is 18.9 Å². The number of nitrogens with zero attached hydrogens (tertiary/aromatic N) is 4. The molecule has 1 aliphatic rings. The maximum atomic E-state index is 12.8. The number of anilines is 1. The lowest BCUT2D eigenvalue weighted by Crippen LogP contribution is -2.36. The van der Waals surface area contributed by atoms with Crippen molar-refractivity contribution >= 4 is 17.0 Å². The number of aromatic nitrogens is 4. The summed E-state index contributed by atoms with van der Waals surface area (Å²) in [7, 11) is 0. The van der Waals surface area contributed by atoms with Crippen molar-refractivity contribution < 1.29 is 17.6 Å². The van der Waals surface area contributed by atoms with Gasteiger partial charge in [0.1, 0.15) is 17.4 Å². The van der Waals surface area contributed by atoms with Crippen LogP contribution in [0.4, 0.5) is 14.8 Å². The highest BCUT2D eigenvalue weighted by Gasteiger charge is 2.36. The van der Waals surface area contributed by atoms with E-state index in [0.29, 0.717) is 18.7 Å². The smallest absolute Gasteiger partial charge is 0.319 e. The second-order valence-corrected chi connectivity index (χ2v) is 6.02. The van der Waals surface area contributed by atoms with Gasteiger partial charge in [-0.25, -0.2) is 4.98 Å². The maximum absolute atomic E-state index is 12.8. The Labute approximate surface area is 145 Å². The van der Waals surface area contributed by atoms with Crippen LogP contribution in [0.3, 0.4) is 0 Å². The van der Waals surface area contributed by atoms with Crippen LogP contribution in [0, 0.1) is 0 Å². The van der Waals surface area contributed by atoms with Gasteiger partial charge >= 0.3 is 12.4 Å². The lowest BCUT2D eigenvalue weighted by Gasteiger charge is -2.31. The monoisotopic (exact) mass is 357 g/mol. The Hall–Kier alpha value is -3.23. The first-order chi connectivity index (χ1) is 12.7. The summed E-state index contributed by atoms with van der Waals surface area (Å²) in [5, 5.41) is 8.18. The fourth-order valence-corrected chi connectivity index (χ4v) is 3.34. The number of aromatic amines is 1. The molecule has 9 heteroatoms. The standard InChI is InChI=1S/C17H13F2N5O2/c18-15(19)16-22-23-17(26-16)24-6-5-10-13(21-8-20-10)14(24)12-7-9-3-1-2-4-11(9)25-12/h1-4,7-8,14-15H,5-6H2,(H,20,21)/t14-/m1/s1. The molecule has 0 fully saturated rings. The van der Waals surface area contributed by atoms with Gasteiger partial charge in [-0.15, -0.1) is 5.10 Å². The minimum Gasteiger partial charge on any atom is -0.458 e. The number of para-hydroxylation sites is 1. The van der Waals surface area contributed by atoms with E-state index in [0.717, 1.165) is 22.4 Å². The Kier molecular flexibility index (Phi) is 3.27. The average molecular weight is 357 g/mol. The third-order valence-corrected chi connectivity index (χ3v) is 4.50. The average Bonchev–Trinajstić information content (AvgIpc) is 3.37. The minimum absolute atomic E-state index is 0.0272. The zero-order valence-corrected chi connectivity index (χ0v) is 13.4. The van der Waals surface area contributed by atoms with Gasteiger partial charge in [-0.2, -0.15) is 8.78 Å². The number of H-pyrrole nitrogens is 1. The van der Waals surface area contributed by atoms with Crippen LogP contribution in [0.15, 0.2) is 45.5 Å². The van der Waals surface area contributed by atoms with E-state index in [2.05, 4.69) is 20.2 Å². The second-order valence-electron chi connectivity index (χ2n) is 6.02. The predicted octanol–water partition coefficient (Wildman–Crippen LogP) is 3.63. The molecule has 3 aromatic heterocycles. The quantitative estimate of drug-likeness (QED) is 0.603. The molecule has 1 atom stereocenters. The molecule has 4 aromatic rings. The Morgan fingerprint density at radius 1 is 1.19 bits per heavy atom. The molecule has 0 saturated carbocycles. The second kappa shape index (κ2) is 5.65. The van der Waals surface area contributed by atoms with E-state index < -0.39 is 18.4 Å². The van der Waals surface area contributed by atoms with Crippen LogP contribution < -0.4 is 4.90 Å². The molecule has 0 amide bonds. The number of furan rings is 1. The highest BCUT2D eigenvalue weighted by molar-refractivity contribution is 5.78.